The number of hydrogen-bond donors (Lipinski definition) is 3. The molecule has 0 radical (unpaired) electrons. The van der Waals surface area contributed by atoms with E-state index in [0.29, 0.717) is 6.42 Å². The number of halogens is 1. The van der Waals surface area contributed by atoms with Gasteiger partial charge in [-0.05, 0) is 24.6 Å². The lowest BCUT2D eigenvalue weighted by atomic mass is 10.2. The van der Waals surface area contributed by atoms with E-state index in [-0.39, 0.29) is 16.3 Å². The molecule has 2 amide bonds. The standard InChI is InChI=1S/C13H13ClN2O3/c1-3-9(4-2)15-13(19)16-11-6-5-8(14)7-10(11)12(17)18/h1,5-7,9H,4H2,2H3,(H,17,18)(H2,15,16,19). The van der Waals surface area contributed by atoms with E-state index in [4.69, 9.17) is 23.1 Å². The van der Waals surface area contributed by atoms with Crippen LogP contribution in [0.25, 0.3) is 0 Å². The van der Waals surface area contributed by atoms with Gasteiger partial charge in [-0.25, -0.2) is 9.59 Å². The van der Waals surface area contributed by atoms with Crippen LogP contribution >= 0.6 is 11.6 Å². The first-order valence-corrected chi connectivity index (χ1v) is 5.92. The van der Waals surface area contributed by atoms with Crippen molar-refractivity contribution in [3.63, 3.8) is 0 Å². The van der Waals surface area contributed by atoms with Gasteiger partial charge in [0.25, 0.3) is 0 Å². The van der Waals surface area contributed by atoms with Crippen LogP contribution in [0.4, 0.5) is 10.5 Å². The van der Waals surface area contributed by atoms with Crippen molar-refractivity contribution >= 4 is 29.3 Å². The third kappa shape index (κ3) is 4.19. The lowest BCUT2D eigenvalue weighted by molar-refractivity contribution is 0.0698. The van der Waals surface area contributed by atoms with Gasteiger partial charge >= 0.3 is 12.0 Å². The fourth-order valence-electron chi connectivity index (χ4n) is 1.38. The maximum atomic E-state index is 11.7. The van der Waals surface area contributed by atoms with E-state index in [2.05, 4.69) is 16.6 Å². The van der Waals surface area contributed by atoms with Crippen molar-refractivity contribution in [1.82, 2.24) is 5.32 Å². The minimum atomic E-state index is -1.18. The lowest BCUT2D eigenvalue weighted by Crippen LogP contribution is -2.36. The average Bonchev–Trinajstić information content (AvgIpc) is 2.37. The summed E-state index contributed by atoms with van der Waals surface area (Å²) in [5.41, 5.74) is 0.0673. The SMILES string of the molecule is C#CC(CC)NC(=O)Nc1ccc(Cl)cc1C(=O)O. The van der Waals surface area contributed by atoms with Gasteiger partial charge in [0, 0.05) is 5.02 Å². The van der Waals surface area contributed by atoms with Crippen LogP contribution < -0.4 is 10.6 Å². The second kappa shape index (κ2) is 6.66. The summed E-state index contributed by atoms with van der Waals surface area (Å²) < 4.78 is 0. The second-order valence-electron chi connectivity index (χ2n) is 3.72. The van der Waals surface area contributed by atoms with Crippen molar-refractivity contribution in [2.24, 2.45) is 0 Å². The highest BCUT2D eigenvalue weighted by molar-refractivity contribution is 6.31. The third-order valence-corrected chi connectivity index (χ3v) is 2.61. The number of nitrogens with one attached hydrogen (secondary N) is 2. The number of carbonyl (C=O) groups excluding carboxylic acids is 1. The van der Waals surface area contributed by atoms with Crippen molar-refractivity contribution in [3.8, 4) is 12.3 Å². The fraction of sp³-hybridized carbons (Fsp3) is 0.231. The minimum absolute atomic E-state index is 0.0867. The van der Waals surface area contributed by atoms with E-state index in [1.807, 2.05) is 6.92 Å². The molecule has 0 heterocycles. The third-order valence-electron chi connectivity index (χ3n) is 2.37. The number of hydrogen-bond acceptors (Lipinski definition) is 2. The van der Waals surface area contributed by atoms with Crippen molar-refractivity contribution in [3.05, 3.63) is 28.8 Å². The molecule has 0 bridgehead atoms. The first kappa shape index (κ1) is 14.9. The van der Waals surface area contributed by atoms with Gasteiger partial charge in [-0.15, -0.1) is 6.42 Å². The first-order valence-electron chi connectivity index (χ1n) is 5.54. The Kier molecular flexibility index (Phi) is 5.22. The predicted octanol–water partition coefficient (Wildman–Crippen LogP) is 2.57. The van der Waals surface area contributed by atoms with Crippen molar-refractivity contribution in [1.29, 1.82) is 0 Å². The summed E-state index contributed by atoms with van der Waals surface area (Å²) in [6, 6.07) is 3.21. The molecule has 0 saturated heterocycles. The summed E-state index contributed by atoms with van der Waals surface area (Å²) in [4.78, 5) is 22.7. The predicted molar refractivity (Wildman–Crippen MR) is 73.5 cm³/mol. The Labute approximate surface area is 116 Å². The highest BCUT2D eigenvalue weighted by atomic mass is 35.5. The van der Waals surface area contributed by atoms with Gasteiger partial charge in [0.2, 0.25) is 0 Å². The zero-order chi connectivity index (χ0) is 14.4. The van der Waals surface area contributed by atoms with Crippen LogP contribution in [0.5, 0.6) is 0 Å². The van der Waals surface area contributed by atoms with Crippen LogP contribution in [0, 0.1) is 12.3 Å². The van der Waals surface area contributed by atoms with E-state index in [0.717, 1.165) is 0 Å². The maximum Gasteiger partial charge on any atom is 0.337 e. The molecule has 0 aromatic heterocycles. The molecule has 0 fully saturated rings. The molecule has 1 atom stereocenters. The summed E-state index contributed by atoms with van der Waals surface area (Å²) in [5.74, 6) is 1.23. The van der Waals surface area contributed by atoms with Gasteiger partial charge in [0.1, 0.15) is 0 Å². The van der Waals surface area contributed by atoms with E-state index in [1.165, 1.54) is 18.2 Å². The zero-order valence-electron chi connectivity index (χ0n) is 10.2. The van der Waals surface area contributed by atoms with Crippen molar-refractivity contribution < 1.29 is 14.7 Å². The topological polar surface area (TPSA) is 78.4 Å². The molecule has 1 unspecified atom stereocenters. The van der Waals surface area contributed by atoms with Gasteiger partial charge in [0.15, 0.2) is 0 Å². The number of amides is 2. The Bertz CT molecular complexity index is 537. The quantitative estimate of drug-likeness (QED) is 0.742. The number of terminal acetylenes is 1. The Morgan fingerprint density at radius 3 is 2.74 bits per heavy atom. The van der Waals surface area contributed by atoms with E-state index >= 15 is 0 Å². The Hall–Kier alpha value is -2.19. The Morgan fingerprint density at radius 2 is 2.21 bits per heavy atom. The summed E-state index contributed by atoms with van der Waals surface area (Å²) in [7, 11) is 0. The van der Waals surface area contributed by atoms with Gasteiger partial charge < -0.3 is 15.7 Å². The summed E-state index contributed by atoms with van der Waals surface area (Å²) in [6.07, 6.45) is 5.80. The molecule has 19 heavy (non-hydrogen) atoms. The minimum Gasteiger partial charge on any atom is -0.478 e. The molecule has 0 aliphatic carbocycles. The smallest absolute Gasteiger partial charge is 0.337 e. The number of rotatable bonds is 4. The van der Waals surface area contributed by atoms with E-state index in [9.17, 15) is 9.59 Å². The van der Waals surface area contributed by atoms with Crippen molar-refractivity contribution in [2.45, 2.75) is 19.4 Å². The molecule has 5 nitrogen and oxygen atoms in total. The molecular weight excluding hydrogens is 268 g/mol. The molecule has 0 spiro atoms. The first-order chi connectivity index (χ1) is 8.97. The summed E-state index contributed by atoms with van der Waals surface area (Å²) in [6.45, 7) is 1.83. The number of urea groups is 1. The monoisotopic (exact) mass is 280 g/mol. The molecule has 1 aromatic rings. The largest absolute Gasteiger partial charge is 0.478 e. The van der Waals surface area contributed by atoms with E-state index < -0.39 is 18.0 Å². The number of aromatic carboxylic acids is 1. The molecule has 100 valence electrons. The fourth-order valence-corrected chi connectivity index (χ4v) is 1.55. The molecule has 6 heteroatoms. The highest BCUT2D eigenvalue weighted by Gasteiger charge is 2.14. The number of carboxylic acid groups (broad SMARTS) is 1. The molecule has 0 aliphatic heterocycles. The van der Waals surface area contributed by atoms with Gasteiger partial charge in [-0.1, -0.05) is 24.4 Å². The molecular formula is C13H13ClN2O3. The zero-order valence-corrected chi connectivity index (χ0v) is 11.0. The average molecular weight is 281 g/mol. The van der Waals surface area contributed by atoms with Gasteiger partial charge in [-0.2, -0.15) is 0 Å². The number of carbonyl (C=O) groups is 2. The van der Waals surface area contributed by atoms with Crippen LogP contribution in [-0.2, 0) is 0 Å². The van der Waals surface area contributed by atoms with Crippen LogP contribution in [0.2, 0.25) is 5.02 Å². The van der Waals surface area contributed by atoms with Crippen LogP contribution in [-0.4, -0.2) is 23.1 Å². The maximum absolute atomic E-state index is 11.7. The van der Waals surface area contributed by atoms with E-state index in [1.54, 1.807) is 0 Å². The molecule has 1 rings (SSSR count). The Morgan fingerprint density at radius 1 is 1.53 bits per heavy atom. The van der Waals surface area contributed by atoms with Gasteiger partial charge in [-0.3, -0.25) is 0 Å². The number of carboxylic acids is 1. The van der Waals surface area contributed by atoms with Crippen LogP contribution in [0.1, 0.15) is 23.7 Å². The molecule has 1 aromatic carbocycles. The van der Waals surface area contributed by atoms with Gasteiger partial charge in [0.05, 0.1) is 17.3 Å². The number of benzene rings is 1. The summed E-state index contributed by atoms with van der Waals surface area (Å²) >= 11 is 5.71. The molecule has 0 aliphatic rings. The molecule has 3 N–H and O–H groups in total. The van der Waals surface area contributed by atoms with Crippen LogP contribution in [0.3, 0.4) is 0 Å². The normalized spacial score (nSPS) is 11.2. The second-order valence-corrected chi connectivity index (χ2v) is 4.16. The van der Waals surface area contributed by atoms with Crippen LogP contribution in [0.15, 0.2) is 18.2 Å². The number of anilines is 1. The molecule has 0 saturated carbocycles. The Balaban J connectivity index is 2.85. The van der Waals surface area contributed by atoms with Crippen molar-refractivity contribution in [2.75, 3.05) is 5.32 Å². The highest BCUT2D eigenvalue weighted by Crippen LogP contribution is 2.20. The lowest BCUT2D eigenvalue weighted by Gasteiger charge is -2.13. The summed E-state index contributed by atoms with van der Waals surface area (Å²) in [5, 5.41) is 14.3.